The van der Waals surface area contributed by atoms with Crippen LogP contribution in [0.3, 0.4) is 0 Å². The van der Waals surface area contributed by atoms with Crippen LogP contribution in [-0.4, -0.2) is 9.13 Å². The number of alkyl halides is 3. The summed E-state index contributed by atoms with van der Waals surface area (Å²) in [6.07, 6.45) is -4.68. The van der Waals surface area contributed by atoms with Gasteiger partial charge in [0.2, 0.25) is 5.69 Å². The highest BCUT2D eigenvalue weighted by atomic mass is 19.4. The molecule has 8 aromatic carbocycles. The molecule has 0 fully saturated rings. The first-order valence-electron chi connectivity index (χ1n) is 19.5. The molecule has 2 aromatic heterocycles. The average molecular weight is 794 g/mol. The van der Waals surface area contributed by atoms with E-state index in [0.717, 1.165) is 66.4 Å². The summed E-state index contributed by atoms with van der Waals surface area (Å²) >= 11 is 0. The van der Waals surface area contributed by atoms with Crippen molar-refractivity contribution in [3.63, 3.8) is 0 Å². The summed E-state index contributed by atoms with van der Waals surface area (Å²) < 4.78 is 49.2. The van der Waals surface area contributed by atoms with E-state index >= 15 is 13.2 Å². The van der Waals surface area contributed by atoms with Crippen molar-refractivity contribution in [1.29, 1.82) is 5.26 Å². The third-order valence-electron chi connectivity index (χ3n) is 11.5. The van der Waals surface area contributed by atoms with Crippen LogP contribution in [0.15, 0.2) is 164 Å². The molecule has 0 amide bonds. The smallest absolute Gasteiger partial charge is 0.319 e. The maximum Gasteiger partial charge on any atom is 0.417 e. The van der Waals surface area contributed by atoms with Gasteiger partial charge in [-0.25, -0.2) is 9.69 Å². The Labute approximate surface area is 348 Å². The molecule has 0 spiro atoms. The lowest BCUT2D eigenvalue weighted by Crippen LogP contribution is -2.10. The molecule has 0 saturated carbocycles. The molecule has 0 aliphatic carbocycles. The Morgan fingerprint density at radius 3 is 1.75 bits per heavy atom. The molecule has 0 N–H and O–H groups in total. The number of fused-ring (bicyclic) bond motifs is 6. The number of rotatable bonds is 5. The molecule has 8 heteroatoms. The normalized spacial score (nSPS) is 11.6. The maximum absolute atomic E-state index is 15.1. The molecule has 10 rings (SSSR count). The molecule has 0 aliphatic heterocycles. The maximum atomic E-state index is 15.1. The van der Waals surface area contributed by atoms with E-state index in [9.17, 15) is 5.26 Å². The van der Waals surface area contributed by atoms with Crippen LogP contribution in [0, 0.1) is 31.4 Å². The summed E-state index contributed by atoms with van der Waals surface area (Å²) in [5.74, 6) is 0. The van der Waals surface area contributed by atoms with Gasteiger partial charge in [0, 0.05) is 21.5 Å². The fourth-order valence-corrected chi connectivity index (χ4v) is 8.88. The molecule has 288 valence electrons. The van der Waals surface area contributed by atoms with Crippen molar-refractivity contribution >= 4 is 55.0 Å². The largest absolute Gasteiger partial charge is 0.417 e. The molecule has 0 unspecified atom stereocenters. The van der Waals surface area contributed by atoms with Crippen LogP contribution in [0.4, 0.5) is 24.5 Å². The van der Waals surface area contributed by atoms with Crippen LogP contribution in [0.2, 0.25) is 0 Å². The molecule has 5 nitrogen and oxygen atoms in total. The van der Waals surface area contributed by atoms with E-state index in [1.54, 1.807) is 37.3 Å². The van der Waals surface area contributed by atoms with Crippen LogP contribution < -0.4 is 0 Å². The zero-order valence-corrected chi connectivity index (χ0v) is 32.5. The van der Waals surface area contributed by atoms with Gasteiger partial charge in [-0.15, -0.1) is 0 Å². The van der Waals surface area contributed by atoms with E-state index in [1.807, 2.05) is 124 Å². The third kappa shape index (κ3) is 5.91. The molecule has 10 aromatic rings. The molecular weight excluding hydrogens is 764 g/mol. The van der Waals surface area contributed by atoms with Crippen molar-refractivity contribution in [2.75, 3.05) is 0 Å². The second-order valence-electron chi connectivity index (χ2n) is 15.0. The fourth-order valence-electron chi connectivity index (χ4n) is 8.88. The Bertz CT molecular complexity index is 3590. The number of aromatic nitrogens is 2. The van der Waals surface area contributed by atoms with Crippen LogP contribution in [0.1, 0.15) is 16.7 Å². The van der Waals surface area contributed by atoms with Crippen LogP contribution in [0.5, 0.6) is 0 Å². The molecule has 0 aliphatic rings. The molecule has 0 radical (unpaired) electrons. The lowest BCUT2D eigenvalue weighted by atomic mass is 9.92. The molecule has 0 atom stereocenters. The van der Waals surface area contributed by atoms with Crippen molar-refractivity contribution < 1.29 is 13.2 Å². The monoisotopic (exact) mass is 793 g/mol. The Morgan fingerprint density at radius 2 is 1.11 bits per heavy atom. The van der Waals surface area contributed by atoms with Gasteiger partial charge < -0.3 is 9.13 Å². The number of aryl methyl sites for hydroxylation is 1. The topological polar surface area (TPSA) is 42.4 Å². The lowest BCUT2D eigenvalue weighted by Gasteiger charge is -2.23. The second kappa shape index (κ2) is 14.2. The summed E-state index contributed by atoms with van der Waals surface area (Å²) in [5, 5.41) is 13.2. The van der Waals surface area contributed by atoms with Gasteiger partial charge in [0.15, 0.2) is 5.69 Å². The lowest BCUT2D eigenvalue weighted by molar-refractivity contribution is -0.137. The Hall–Kier alpha value is -8.38. The van der Waals surface area contributed by atoms with E-state index in [0.29, 0.717) is 33.7 Å². The highest BCUT2D eigenvalue weighted by Crippen LogP contribution is 2.49. The summed E-state index contributed by atoms with van der Waals surface area (Å²) in [6.45, 7) is 18.2. The quantitative estimate of drug-likeness (QED) is 0.160. The number of hydrogen-bond acceptors (Lipinski definition) is 1. The predicted octanol–water partition coefficient (Wildman–Crippen LogP) is 15.2. The van der Waals surface area contributed by atoms with Crippen molar-refractivity contribution in [2.24, 2.45) is 0 Å². The van der Waals surface area contributed by atoms with Gasteiger partial charge in [0.25, 0.3) is 0 Å². The van der Waals surface area contributed by atoms with Gasteiger partial charge in [0.1, 0.15) is 0 Å². The standard InChI is InChI=1S/C53H30F3N5/c1-32-11-8-18-44(53(54,55)56)50(32)41-23-26-49(60-45-19-6-4-16-39(45)42-30-37(21-24-47(42)60)35-14-10-15-38(28-35)58-2)51(59-3)52(41)61-46-20-7-5-17-40(46)43-29-36(22-25-48(43)61)34-13-9-12-33(27-34)31-57/h4-30H,1H3. The highest BCUT2D eigenvalue weighted by Gasteiger charge is 2.36. The Balaban J connectivity index is 1.32. The third-order valence-corrected chi connectivity index (χ3v) is 11.5. The zero-order chi connectivity index (χ0) is 42.0. The first-order chi connectivity index (χ1) is 29.7. The van der Waals surface area contributed by atoms with E-state index in [-0.39, 0.29) is 16.8 Å². The van der Waals surface area contributed by atoms with Gasteiger partial charge in [-0.3, -0.25) is 0 Å². The van der Waals surface area contributed by atoms with E-state index < -0.39 is 11.7 Å². The van der Waals surface area contributed by atoms with Crippen LogP contribution in [-0.2, 0) is 6.18 Å². The van der Waals surface area contributed by atoms with Crippen molar-refractivity contribution in [3.05, 3.63) is 203 Å². The SMILES string of the molecule is [C-]#[N+]c1cccc(-c2ccc3c(c2)c2ccccc2n3-c2ccc(-c3c(C)cccc3C(F)(F)F)c(-n3c4ccccc4c4cc(-c5cccc(C#N)c5)ccc43)c2[N+]#[C-])c1. The number of para-hydroxylation sites is 2. The van der Waals surface area contributed by atoms with Crippen molar-refractivity contribution in [1.82, 2.24) is 9.13 Å². The Kier molecular flexibility index (Phi) is 8.58. The number of hydrogen-bond donors (Lipinski definition) is 0. The van der Waals surface area contributed by atoms with Crippen LogP contribution in [0.25, 0.3) is 98.1 Å². The van der Waals surface area contributed by atoms with E-state index in [1.165, 1.54) is 6.07 Å². The minimum absolute atomic E-state index is 0.00540. The zero-order valence-electron chi connectivity index (χ0n) is 32.5. The molecule has 2 heterocycles. The molecule has 61 heavy (non-hydrogen) atoms. The van der Waals surface area contributed by atoms with Crippen molar-refractivity contribution in [3.8, 4) is 50.8 Å². The Morgan fingerprint density at radius 1 is 0.541 bits per heavy atom. The summed E-state index contributed by atoms with van der Waals surface area (Å²) in [7, 11) is 0. The van der Waals surface area contributed by atoms with Crippen LogP contribution >= 0.6 is 0 Å². The first kappa shape index (κ1) is 36.9. The predicted molar refractivity (Wildman–Crippen MR) is 238 cm³/mol. The summed E-state index contributed by atoms with van der Waals surface area (Å²) in [5.41, 5.74) is 8.61. The van der Waals surface area contributed by atoms with E-state index in [2.05, 4.69) is 21.8 Å². The number of nitrogens with zero attached hydrogens (tertiary/aromatic N) is 5. The minimum Gasteiger partial charge on any atom is -0.319 e. The van der Waals surface area contributed by atoms with Gasteiger partial charge in [0.05, 0.1) is 63.8 Å². The second-order valence-corrected chi connectivity index (χ2v) is 15.0. The number of nitriles is 1. The van der Waals surface area contributed by atoms with Gasteiger partial charge >= 0.3 is 6.18 Å². The average Bonchev–Trinajstić information content (AvgIpc) is 3.80. The molecular formula is C53H30F3N5. The minimum atomic E-state index is -4.68. The summed E-state index contributed by atoms with van der Waals surface area (Å²) in [6, 6.07) is 52.4. The van der Waals surface area contributed by atoms with E-state index in [4.69, 9.17) is 13.1 Å². The van der Waals surface area contributed by atoms with Crippen molar-refractivity contribution in [2.45, 2.75) is 13.1 Å². The number of halogens is 3. The molecule has 0 saturated heterocycles. The molecule has 0 bridgehead atoms. The van der Waals surface area contributed by atoms with Gasteiger partial charge in [-0.05, 0) is 113 Å². The highest BCUT2D eigenvalue weighted by molar-refractivity contribution is 6.14. The van der Waals surface area contributed by atoms with Gasteiger partial charge in [-0.2, -0.15) is 18.4 Å². The first-order valence-corrected chi connectivity index (χ1v) is 19.5. The fraction of sp³-hybridized carbons (Fsp3) is 0.0377. The summed E-state index contributed by atoms with van der Waals surface area (Å²) in [4.78, 5) is 7.87. The number of benzene rings is 8. The van der Waals surface area contributed by atoms with Gasteiger partial charge in [-0.1, -0.05) is 97.1 Å².